The first-order valence-electron chi connectivity index (χ1n) is 9.80. The molecule has 29 heavy (non-hydrogen) atoms. The average molecular weight is 396 g/mol. The van der Waals surface area contributed by atoms with Gasteiger partial charge in [0.15, 0.2) is 5.82 Å². The van der Waals surface area contributed by atoms with Crippen molar-refractivity contribution < 1.29 is 14.0 Å². The van der Waals surface area contributed by atoms with Gasteiger partial charge in [0.1, 0.15) is 0 Å². The molecule has 3 atom stereocenters. The van der Waals surface area contributed by atoms with Gasteiger partial charge in [0.2, 0.25) is 0 Å². The summed E-state index contributed by atoms with van der Waals surface area (Å²) in [5.41, 5.74) is 2.29. The molecule has 152 valence electrons. The summed E-state index contributed by atoms with van der Waals surface area (Å²) in [6.45, 7) is 3.65. The van der Waals surface area contributed by atoms with Gasteiger partial charge in [-0.1, -0.05) is 24.3 Å². The van der Waals surface area contributed by atoms with E-state index in [1.165, 1.54) is 12.3 Å². The topological polar surface area (TPSA) is 56.8 Å². The van der Waals surface area contributed by atoms with Crippen molar-refractivity contribution in [3.05, 3.63) is 65.2 Å². The van der Waals surface area contributed by atoms with Crippen molar-refractivity contribution in [3.63, 3.8) is 0 Å². The van der Waals surface area contributed by atoms with Gasteiger partial charge in [0.25, 0.3) is 5.91 Å². The molecule has 0 unspecified atom stereocenters. The lowest BCUT2D eigenvalue weighted by Crippen LogP contribution is -2.42. The molecule has 0 aliphatic carbocycles. The van der Waals surface area contributed by atoms with Crippen LogP contribution in [0.3, 0.4) is 0 Å². The van der Waals surface area contributed by atoms with E-state index in [2.05, 4.69) is 11.1 Å². The lowest BCUT2D eigenvalue weighted by atomic mass is 9.88. The number of carbonyl (C=O) groups excluding carboxylic acids is 2. The number of aromatic nitrogens is 1. The van der Waals surface area contributed by atoms with Crippen molar-refractivity contribution >= 4 is 11.9 Å². The van der Waals surface area contributed by atoms with E-state index in [1.807, 2.05) is 30.0 Å². The van der Waals surface area contributed by atoms with E-state index in [4.69, 9.17) is 0 Å². The maximum absolute atomic E-state index is 14.1. The predicted octanol–water partition coefficient (Wildman–Crippen LogP) is 2.96. The number of amides is 3. The molecular weight excluding hydrogens is 371 g/mol. The number of likely N-dealkylation sites (tertiary alicyclic amines) is 2. The van der Waals surface area contributed by atoms with E-state index in [1.54, 1.807) is 23.9 Å². The smallest absolute Gasteiger partial charge is 0.320 e. The molecule has 6 nitrogen and oxygen atoms in total. The second-order valence-electron chi connectivity index (χ2n) is 8.12. The molecule has 2 fully saturated rings. The first-order valence-corrected chi connectivity index (χ1v) is 9.80. The number of halogens is 1. The lowest BCUT2D eigenvalue weighted by Gasteiger charge is -2.32. The van der Waals surface area contributed by atoms with Crippen LogP contribution in [-0.4, -0.2) is 65.4 Å². The number of nitrogens with zero attached hydrogens (tertiary/aromatic N) is 4. The Balaban J connectivity index is 1.64. The highest BCUT2D eigenvalue weighted by Crippen LogP contribution is 2.46. The van der Waals surface area contributed by atoms with Crippen LogP contribution in [0, 0.1) is 24.6 Å². The highest BCUT2D eigenvalue weighted by atomic mass is 19.1. The van der Waals surface area contributed by atoms with Crippen molar-refractivity contribution in [2.75, 3.05) is 33.7 Å². The van der Waals surface area contributed by atoms with Crippen LogP contribution in [0.15, 0.2) is 42.7 Å². The van der Waals surface area contributed by atoms with Gasteiger partial charge in [0.05, 0.1) is 17.8 Å². The molecule has 4 rings (SSSR count). The van der Waals surface area contributed by atoms with Crippen molar-refractivity contribution in [2.24, 2.45) is 11.8 Å². The normalized spacial score (nSPS) is 23.2. The Hall–Kier alpha value is -2.96. The standard InChI is InChI=1S/C22H25FN4O2/c1-14-6-4-5-7-16(14)20-18-13-26(21(28)17-8-9-24-10-19(17)23)11-15(18)12-27(20)22(29)25(2)3/h4-10,15,18,20H,11-13H2,1-3H3/t15-,18-,20+/m1/s1. The molecule has 7 heteroatoms. The molecule has 0 spiro atoms. The molecule has 0 N–H and O–H groups in total. The number of hydrogen-bond acceptors (Lipinski definition) is 3. The van der Waals surface area contributed by atoms with E-state index in [-0.39, 0.29) is 35.4 Å². The second kappa shape index (κ2) is 7.46. The minimum atomic E-state index is -0.602. The molecule has 0 radical (unpaired) electrons. The quantitative estimate of drug-likeness (QED) is 0.784. The molecular formula is C22H25FN4O2. The van der Waals surface area contributed by atoms with Crippen molar-refractivity contribution in [1.82, 2.24) is 19.7 Å². The molecule has 2 aromatic rings. The molecule has 0 bridgehead atoms. The lowest BCUT2D eigenvalue weighted by molar-refractivity contribution is 0.0761. The van der Waals surface area contributed by atoms with Crippen LogP contribution in [0.1, 0.15) is 27.5 Å². The van der Waals surface area contributed by atoms with E-state index >= 15 is 0 Å². The van der Waals surface area contributed by atoms with E-state index in [0.29, 0.717) is 19.6 Å². The first-order chi connectivity index (χ1) is 13.9. The largest absolute Gasteiger partial charge is 0.338 e. The number of pyridine rings is 1. The van der Waals surface area contributed by atoms with Crippen LogP contribution < -0.4 is 0 Å². The summed E-state index contributed by atoms with van der Waals surface area (Å²) < 4.78 is 14.1. The molecule has 3 heterocycles. The Morgan fingerprint density at radius 2 is 1.90 bits per heavy atom. The third-order valence-electron chi connectivity index (χ3n) is 6.09. The Morgan fingerprint density at radius 3 is 2.59 bits per heavy atom. The van der Waals surface area contributed by atoms with Crippen LogP contribution in [0.2, 0.25) is 0 Å². The predicted molar refractivity (Wildman–Crippen MR) is 107 cm³/mol. The van der Waals surface area contributed by atoms with Crippen LogP contribution >= 0.6 is 0 Å². The molecule has 2 aliphatic heterocycles. The van der Waals surface area contributed by atoms with Gasteiger partial charge in [-0.25, -0.2) is 9.18 Å². The van der Waals surface area contributed by atoms with Gasteiger partial charge in [-0.15, -0.1) is 0 Å². The van der Waals surface area contributed by atoms with Gasteiger partial charge < -0.3 is 14.7 Å². The molecule has 2 saturated heterocycles. The summed E-state index contributed by atoms with van der Waals surface area (Å²) in [6, 6.07) is 9.38. The fraction of sp³-hybridized carbons (Fsp3) is 0.409. The third-order valence-corrected chi connectivity index (χ3v) is 6.09. The molecule has 2 aliphatic rings. The fourth-order valence-electron chi connectivity index (χ4n) is 4.70. The number of aryl methyl sites for hydroxylation is 1. The summed E-state index contributed by atoms with van der Waals surface area (Å²) in [7, 11) is 3.51. The van der Waals surface area contributed by atoms with Crippen LogP contribution in [0.4, 0.5) is 9.18 Å². The third kappa shape index (κ3) is 3.34. The SMILES string of the molecule is Cc1ccccc1[C@H]1[C@@H]2CN(C(=O)c3ccncc3F)C[C@@H]2CN1C(=O)N(C)C. The maximum atomic E-state index is 14.1. The molecule has 1 aromatic carbocycles. The summed E-state index contributed by atoms with van der Waals surface area (Å²) >= 11 is 0. The van der Waals surface area contributed by atoms with Crippen molar-refractivity contribution in [1.29, 1.82) is 0 Å². The number of hydrogen-bond donors (Lipinski definition) is 0. The van der Waals surface area contributed by atoms with E-state index in [9.17, 15) is 14.0 Å². The van der Waals surface area contributed by atoms with Crippen LogP contribution in [0.5, 0.6) is 0 Å². The number of benzene rings is 1. The number of fused-ring (bicyclic) bond motifs is 1. The molecule has 0 saturated carbocycles. The summed E-state index contributed by atoms with van der Waals surface area (Å²) in [4.78, 5) is 34.7. The van der Waals surface area contributed by atoms with E-state index in [0.717, 1.165) is 17.3 Å². The Kier molecular flexibility index (Phi) is 4.98. The minimum absolute atomic E-state index is 0.0225. The van der Waals surface area contributed by atoms with Gasteiger partial charge in [0, 0.05) is 51.8 Å². The van der Waals surface area contributed by atoms with Gasteiger partial charge in [-0.2, -0.15) is 0 Å². The van der Waals surface area contributed by atoms with Crippen molar-refractivity contribution in [3.8, 4) is 0 Å². The number of rotatable bonds is 2. The van der Waals surface area contributed by atoms with Gasteiger partial charge in [-0.05, 0) is 24.1 Å². The Morgan fingerprint density at radius 1 is 1.14 bits per heavy atom. The van der Waals surface area contributed by atoms with Crippen LogP contribution in [0.25, 0.3) is 0 Å². The van der Waals surface area contributed by atoms with Gasteiger partial charge in [-0.3, -0.25) is 9.78 Å². The fourth-order valence-corrected chi connectivity index (χ4v) is 4.70. The number of carbonyl (C=O) groups is 2. The zero-order valence-corrected chi connectivity index (χ0v) is 16.9. The van der Waals surface area contributed by atoms with E-state index < -0.39 is 5.82 Å². The molecule has 3 amide bonds. The summed E-state index contributed by atoms with van der Waals surface area (Å²) in [6.07, 6.45) is 2.50. The highest BCUT2D eigenvalue weighted by Gasteiger charge is 2.50. The first kappa shape index (κ1) is 19.4. The van der Waals surface area contributed by atoms with Crippen LogP contribution in [-0.2, 0) is 0 Å². The van der Waals surface area contributed by atoms with Gasteiger partial charge >= 0.3 is 6.03 Å². The van der Waals surface area contributed by atoms with Crippen molar-refractivity contribution in [2.45, 2.75) is 13.0 Å². The monoisotopic (exact) mass is 396 g/mol. The minimum Gasteiger partial charge on any atom is -0.338 e. The summed E-state index contributed by atoms with van der Waals surface area (Å²) in [5, 5.41) is 0. The second-order valence-corrected chi connectivity index (χ2v) is 8.12. The molecule has 1 aromatic heterocycles. The summed E-state index contributed by atoms with van der Waals surface area (Å²) in [5.74, 6) is -0.631. The Labute approximate surface area is 169 Å². The zero-order chi connectivity index (χ0) is 20.7. The maximum Gasteiger partial charge on any atom is 0.320 e. The Bertz CT molecular complexity index is 948. The zero-order valence-electron chi connectivity index (χ0n) is 16.9. The average Bonchev–Trinajstić information content (AvgIpc) is 3.26. The number of urea groups is 1. The highest BCUT2D eigenvalue weighted by molar-refractivity contribution is 5.94.